The van der Waals surface area contributed by atoms with Crippen molar-refractivity contribution in [3.05, 3.63) is 36.0 Å². The van der Waals surface area contributed by atoms with Crippen LogP contribution < -0.4 is 0 Å². The third kappa shape index (κ3) is 1.99. The van der Waals surface area contributed by atoms with Crippen molar-refractivity contribution in [1.82, 2.24) is 9.88 Å². The second-order valence-corrected chi connectivity index (χ2v) is 5.13. The number of carbonyl (C=O) groups excluding carboxylic acids is 1. The number of rotatable bonds is 1. The van der Waals surface area contributed by atoms with Gasteiger partial charge < -0.3 is 9.88 Å². The largest absolute Gasteiger partial charge is 0.361 e. The molecule has 0 unspecified atom stereocenters. The van der Waals surface area contributed by atoms with Crippen LogP contribution in [0.25, 0.3) is 10.9 Å². The number of carbonyl (C=O) groups is 1. The Morgan fingerprint density at radius 2 is 2.00 bits per heavy atom. The second-order valence-electron chi connectivity index (χ2n) is 4.80. The topological polar surface area (TPSA) is 36.1 Å². The van der Waals surface area contributed by atoms with Crippen LogP contribution in [-0.2, 0) is 0 Å². The Morgan fingerprint density at radius 3 is 2.72 bits per heavy atom. The molecule has 1 aliphatic rings. The summed E-state index contributed by atoms with van der Waals surface area (Å²) in [7, 11) is 0. The third-order valence-electron chi connectivity index (χ3n) is 3.80. The van der Waals surface area contributed by atoms with E-state index in [1.807, 2.05) is 6.07 Å². The molecule has 1 aliphatic heterocycles. The maximum absolute atomic E-state index is 11.1. The molecule has 1 aromatic carbocycles. The number of para-hydroxylation sites is 1. The smallest absolute Gasteiger partial charge is 0.316 e. The summed E-state index contributed by atoms with van der Waals surface area (Å²) < 4.78 is 0. The molecule has 0 bridgehead atoms. The van der Waals surface area contributed by atoms with Crippen LogP contribution in [0, 0.1) is 0 Å². The first-order valence-corrected chi connectivity index (χ1v) is 6.64. The summed E-state index contributed by atoms with van der Waals surface area (Å²) in [5.41, 5.74) is 2.55. The fourth-order valence-electron chi connectivity index (χ4n) is 2.80. The van der Waals surface area contributed by atoms with Crippen LogP contribution in [0.2, 0.25) is 0 Å². The number of halogens is 1. The molecule has 1 saturated heterocycles. The molecule has 94 valence electrons. The monoisotopic (exact) mass is 262 g/mol. The van der Waals surface area contributed by atoms with E-state index in [2.05, 4.69) is 29.4 Å². The Morgan fingerprint density at radius 1 is 1.28 bits per heavy atom. The lowest BCUT2D eigenvalue weighted by molar-refractivity contribution is 0.204. The lowest BCUT2D eigenvalue weighted by atomic mass is 9.89. The van der Waals surface area contributed by atoms with Gasteiger partial charge in [-0.05, 0) is 42.0 Å². The summed E-state index contributed by atoms with van der Waals surface area (Å²) in [4.78, 5) is 16.1. The molecule has 4 heteroatoms. The van der Waals surface area contributed by atoms with Crippen molar-refractivity contribution in [2.24, 2.45) is 0 Å². The van der Waals surface area contributed by atoms with Gasteiger partial charge in [0.1, 0.15) is 0 Å². The van der Waals surface area contributed by atoms with Gasteiger partial charge in [0.15, 0.2) is 0 Å². The number of hydrogen-bond donors (Lipinski definition) is 1. The maximum Gasteiger partial charge on any atom is 0.316 e. The van der Waals surface area contributed by atoms with Crippen molar-refractivity contribution in [3.63, 3.8) is 0 Å². The standard InChI is InChI=1S/C14H15ClN2O/c15-14(18)17-7-5-10(6-8-17)12-9-16-13-4-2-1-3-11(12)13/h1-4,9-10,16H,5-8H2. The number of benzene rings is 1. The summed E-state index contributed by atoms with van der Waals surface area (Å²) in [6.45, 7) is 1.51. The first-order chi connectivity index (χ1) is 8.75. The number of likely N-dealkylation sites (tertiary alicyclic amines) is 1. The fourth-order valence-corrected chi connectivity index (χ4v) is 2.97. The van der Waals surface area contributed by atoms with Crippen molar-refractivity contribution >= 4 is 27.9 Å². The first kappa shape index (κ1) is 11.6. The molecule has 2 aromatic rings. The fraction of sp³-hybridized carbons (Fsp3) is 0.357. The average Bonchev–Trinajstić information content (AvgIpc) is 2.82. The van der Waals surface area contributed by atoms with Crippen molar-refractivity contribution in [1.29, 1.82) is 0 Å². The van der Waals surface area contributed by atoms with E-state index in [1.54, 1.807) is 4.90 Å². The van der Waals surface area contributed by atoms with Crippen LogP contribution in [0.1, 0.15) is 24.3 Å². The minimum Gasteiger partial charge on any atom is -0.361 e. The SMILES string of the molecule is O=C(Cl)N1CCC(c2c[nH]c3ccccc23)CC1. The van der Waals surface area contributed by atoms with Crippen molar-refractivity contribution in [2.75, 3.05) is 13.1 Å². The van der Waals surface area contributed by atoms with Gasteiger partial charge in [0.2, 0.25) is 0 Å². The van der Waals surface area contributed by atoms with Gasteiger partial charge in [-0.2, -0.15) is 0 Å². The molecule has 3 nitrogen and oxygen atoms in total. The van der Waals surface area contributed by atoms with E-state index in [0.29, 0.717) is 5.92 Å². The quantitative estimate of drug-likeness (QED) is 0.617. The zero-order valence-corrected chi connectivity index (χ0v) is 10.8. The van der Waals surface area contributed by atoms with E-state index < -0.39 is 0 Å². The molecular weight excluding hydrogens is 248 g/mol. The molecule has 2 heterocycles. The second kappa shape index (κ2) is 4.65. The normalized spacial score (nSPS) is 17.3. The number of amides is 1. The highest BCUT2D eigenvalue weighted by atomic mass is 35.5. The molecule has 0 aliphatic carbocycles. The number of nitrogens with one attached hydrogen (secondary N) is 1. The molecule has 0 radical (unpaired) electrons. The Bertz CT molecular complexity index is 570. The van der Waals surface area contributed by atoms with Gasteiger partial charge in [-0.25, -0.2) is 0 Å². The molecule has 0 spiro atoms. The molecule has 1 aromatic heterocycles. The van der Waals surface area contributed by atoms with Crippen molar-refractivity contribution < 1.29 is 4.79 Å². The first-order valence-electron chi connectivity index (χ1n) is 6.26. The number of aromatic amines is 1. The lowest BCUT2D eigenvalue weighted by Crippen LogP contribution is -2.34. The number of hydrogen-bond acceptors (Lipinski definition) is 1. The van der Waals surface area contributed by atoms with Gasteiger partial charge in [-0.1, -0.05) is 18.2 Å². The van der Waals surface area contributed by atoms with Gasteiger partial charge in [-0.3, -0.25) is 4.79 Å². The van der Waals surface area contributed by atoms with Gasteiger partial charge in [0, 0.05) is 30.2 Å². The van der Waals surface area contributed by atoms with Crippen LogP contribution in [-0.4, -0.2) is 28.3 Å². The minimum absolute atomic E-state index is 0.327. The maximum atomic E-state index is 11.1. The van der Waals surface area contributed by atoms with Crippen LogP contribution >= 0.6 is 11.6 Å². The highest BCUT2D eigenvalue weighted by Gasteiger charge is 2.24. The highest BCUT2D eigenvalue weighted by Crippen LogP contribution is 2.33. The van der Waals surface area contributed by atoms with Gasteiger partial charge in [0.25, 0.3) is 0 Å². The highest BCUT2D eigenvalue weighted by molar-refractivity contribution is 6.62. The van der Waals surface area contributed by atoms with Crippen molar-refractivity contribution in [2.45, 2.75) is 18.8 Å². The molecule has 1 fully saturated rings. The lowest BCUT2D eigenvalue weighted by Gasteiger charge is -2.30. The summed E-state index contributed by atoms with van der Waals surface area (Å²) in [5.74, 6) is 0.522. The van der Waals surface area contributed by atoms with Gasteiger partial charge >= 0.3 is 5.37 Å². The van der Waals surface area contributed by atoms with Crippen LogP contribution in [0.4, 0.5) is 4.79 Å². The molecule has 1 N–H and O–H groups in total. The number of nitrogens with zero attached hydrogens (tertiary/aromatic N) is 1. The van der Waals surface area contributed by atoms with Gasteiger partial charge in [-0.15, -0.1) is 0 Å². The number of piperidine rings is 1. The Kier molecular flexibility index (Phi) is 3.00. The predicted octanol–water partition coefficient (Wildman–Crippen LogP) is 3.71. The molecule has 18 heavy (non-hydrogen) atoms. The number of aromatic nitrogens is 1. The van der Waals surface area contributed by atoms with Crippen LogP contribution in [0.15, 0.2) is 30.5 Å². The third-order valence-corrected chi connectivity index (χ3v) is 4.04. The zero-order chi connectivity index (χ0) is 12.5. The van der Waals surface area contributed by atoms with E-state index in [-0.39, 0.29) is 5.37 Å². The van der Waals surface area contributed by atoms with Crippen LogP contribution in [0.3, 0.4) is 0 Å². The molecule has 3 rings (SSSR count). The number of H-pyrrole nitrogens is 1. The minimum atomic E-state index is -0.327. The van der Waals surface area contributed by atoms with E-state index in [9.17, 15) is 4.79 Å². The Labute approximate surface area is 111 Å². The van der Waals surface area contributed by atoms with E-state index in [1.165, 1.54) is 16.5 Å². The summed E-state index contributed by atoms with van der Waals surface area (Å²) in [6.07, 6.45) is 4.08. The Balaban J connectivity index is 1.82. The summed E-state index contributed by atoms with van der Waals surface area (Å²) in [5, 5.41) is 0.973. The van der Waals surface area contributed by atoms with Crippen molar-refractivity contribution in [3.8, 4) is 0 Å². The molecular formula is C14H15ClN2O. The molecule has 1 amide bonds. The van der Waals surface area contributed by atoms with E-state index >= 15 is 0 Å². The van der Waals surface area contributed by atoms with Crippen LogP contribution in [0.5, 0.6) is 0 Å². The molecule has 0 saturated carbocycles. The predicted molar refractivity (Wildman–Crippen MR) is 73.1 cm³/mol. The molecule has 0 atom stereocenters. The summed E-state index contributed by atoms with van der Waals surface area (Å²) >= 11 is 5.51. The van der Waals surface area contributed by atoms with Gasteiger partial charge in [0.05, 0.1) is 0 Å². The van der Waals surface area contributed by atoms with E-state index in [4.69, 9.17) is 11.6 Å². The van der Waals surface area contributed by atoms with E-state index in [0.717, 1.165) is 25.9 Å². The average molecular weight is 263 g/mol. The zero-order valence-electron chi connectivity index (χ0n) is 10.0. The Hall–Kier alpha value is -1.48. The number of fused-ring (bicyclic) bond motifs is 1. The summed E-state index contributed by atoms with van der Waals surface area (Å²) in [6, 6.07) is 8.35.